The number of hydrogen-bond acceptors (Lipinski definition) is 2. The number of carbonyl (C=O) groups is 1. The van der Waals surface area contributed by atoms with Gasteiger partial charge in [0.05, 0.1) is 16.8 Å². The summed E-state index contributed by atoms with van der Waals surface area (Å²) in [5.41, 5.74) is 2.89. The monoisotopic (exact) mass is 303 g/mol. The number of likely N-dealkylation sites (tertiary alicyclic amines) is 1. The van der Waals surface area contributed by atoms with Crippen molar-refractivity contribution >= 4 is 17.5 Å². The second-order valence-electron chi connectivity index (χ2n) is 5.54. The van der Waals surface area contributed by atoms with Crippen molar-refractivity contribution in [2.45, 2.75) is 25.7 Å². The molecule has 0 aliphatic carbocycles. The molecule has 1 atom stereocenters. The largest absolute Gasteiger partial charge is 0.338 e. The molecule has 0 saturated carbocycles. The fraction of sp³-hybridized carbons (Fsp3) is 0.375. The van der Waals surface area contributed by atoms with Crippen LogP contribution >= 0.6 is 11.6 Å². The van der Waals surface area contributed by atoms with Gasteiger partial charge in [0.15, 0.2) is 0 Å². The second-order valence-corrected chi connectivity index (χ2v) is 5.94. The summed E-state index contributed by atoms with van der Waals surface area (Å²) in [6, 6.07) is 7.23. The molecule has 1 aliphatic heterocycles. The fourth-order valence-electron chi connectivity index (χ4n) is 2.97. The number of H-pyrrole nitrogens is 1. The van der Waals surface area contributed by atoms with Crippen LogP contribution in [0, 0.1) is 6.92 Å². The first-order chi connectivity index (χ1) is 10.2. The van der Waals surface area contributed by atoms with Crippen LogP contribution in [0.15, 0.2) is 30.5 Å². The smallest absolute Gasteiger partial charge is 0.255 e. The van der Waals surface area contributed by atoms with E-state index in [0.29, 0.717) is 23.0 Å². The van der Waals surface area contributed by atoms with Gasteiger partial charge in [-0.2, -0.15) is 5.10 Å². The average molecular weight is 304 g/mol. The van der Waals surface area contributed by atoms with Gasteiger partial charge in [0.25, 0.3) is 5.91 Å². The summed E-state index contributed by atoms with van der Waals surface area (Å²) in [7, 11) is 0. The van der Waals surface area contributed by atoms with Crippen molar-refractivity contribution in [2.24, 2.45) is 0 Å². The van der Waals surface area contributed by atoms with Crippen molar-refractivity contribution in [3.8, 4) is 0 Å². The highest BCUT2D eigenvalue weighted by molar-refractivity contribution is 6.33. The zero-order chi connectivity index (χ0) is 14.8. The minimum absolute atomic E-state index is 0.0162. The number of hydrogen-bond donors (Lipinski definition) is 1. The van der Waals surface area contributed by atoms with Gasteiger partial charge in [0.2, 0.25) is 0 Å². The first kappa shape index (κ1) is 14.1. The first-order valence-corrected chi connectivity index (χ1v) is 7.58. The second kappa shape index (κ2) is 5.90. The Labute approximate surface area is 129 Å². The lowest BCUT2D eigenvalue weighted by molar-refractivity contribution is 0.0706. The van der Waals surface area contributed by atoms with Crippen molar-refractivity contribution in [3.05, 3.63) is 52.3 Å². The van der Waals surface area contributed by atoms with E-state index in [0.717, 1.165) is 30.6 Å². The summed E-state index contributed by atoms with van der Waals surface area (Å²) < 4.78 is 0. The topological polar surface area (TPSA) is 49.0 Å². The predicted octanol–water partition coefficient (Wildman–Crippen LogP) is 3.39. The molecule has 1 aliphatic rings. The van der Waals surface area contributed by atoms with E-state index in [4.69, 9.17) is 11.6 Å². The third kappa shape index (κ3) is 2.81. The molecule has 2 heterocycles. The molecule has 1 fully saturated rings. The van der Waals surface area contributed by atoms with Gasteiger partial charge >= 0.3 is 0 Å². The minimum Gasteiger partial charge on any atom is -0.338 e. The molecule has 0 spiro atoms. The number of nitrogens with one attached hydrogen (secondary N) is 1. The summed E-state index contributed by atoms with van der Waals surface area (Å²) in [5.74, 6) is 0.343. The Kier molecular flexibility index (Phi) is 3.97. The van der Waals surface area contributed by atoms with E-state index in [9.17, 15) is 4.79 Å². The molecule has 1 aromatic carbocycles. The summed E-state index contributed by atoms with van der Waals surface area (Å²) in [4.78, 5) is 14.5. The Morgan fingerprint density at radius 3 is 2.95 bits per heavy atom. The van der Waals surface area contributed by atoms with Crippen LogP contribution in [0.5, 0.6) is 0 Å². The van der Waals surface area contributed by atoms with Gasteiger partial charge in [-0.3, -0.25) is 9.89 Å². The van der Waals surface area contributed by atoms with E-state index in [1.54, 1.807) is 12.1 Å². The molecule has 3 rings (SSSR count). The molecule has 5 heteroatoms. The van der Waals surface area contributed by atoms with Crippen LogP contribution in [0.1, 0.15) is 40.4 Å². The Bertz CT molecular complexity index is 652. The van der Waals surface area contributed by atoms with E-state index in [-0.39, 0.29) is 5.91 Å². The first-order valence-electron chi connectivity index (χ1n) is 7.20. The molecular formula is C16H18ClN3O. The van der Waals surface area contributed by atoms with Crippen LogP contribution in [0.4, 0.5) is 0 Å². The van der Waals surface area contributed by atoms with Crippen molar-refractivity contribution in [2.75, 3.05) is 13.1 Å². The van der Waals surface area contributed by atoms with Crippen molar-refractivity contribution < 1.29 is 4.79 Å². The number of rotatable bonds is 2. The number of aromatic amines is 1. The summed E-state index contributed by atoms with van der Waals surface area (Å²) in [6.07, 6.45) is 3.92. The number of amides is 1. The van der Waals surface area contributed by atoms with Crippen LogP contribution in [0.2, 0.25) is 5.02 Å². The molecule has 110 valence electrons. The van der Waals surface area contributed by atoms with Crippen molar-refractivity contribution in [1.82, 2.24) is 15.1 Å². The third-order valence-corrected chi connectivity index (χ3v) is 4.42. The number of halogens is 1. The number of aryl methyl sites for hydroxylation is 1. The van der Waals surface area contributed by atoms with Gasteiger partial charge in [0.1, 0.15) is 0 Å². The molecular weight excluding hydrogens is 286 g/mol. The third-order valence-electron chi connectivity index (χ3n) is 4.09. The molecule has 0 bridgehead atoms. The molecule has 2 aromatic rings. The summed E-state index contributed by atoms with van der Waals surface area (Å²) in [6.45, 7) is 3.55. The molecule has 4 nitrogen and oxygen atoms in total. The number of nitrogens with zero attached hydrogens (tertiary/aromatic N) is 2. The summed E-state index contributed by atoms with van der Waals surface area (Å²) >= 11 is 6.14. The minimum atomic E-state index is 0.0162. The van der Waals surface area contributed by atoms with Crippen LogP contribution in [-0.2, 0) is 0 Å². The Hall–Kier alpha value is -1.81. The van der Waals surface area contributed by atoms with Crippen molar-refractivity contribution in [3.63, 3.8) is 0 Å². The average Bonchev–Trinajstić information content (AvgIpc) is 2.93. The number of benzene rings is 1. The van der Waals surface area contributed by atoms with Gasteiger partial charge in [0, 0.05) is 24.7 Å². The SMILES string of the molecule is Cc1cn[nH]c1C1CCCN(C(=O)c2ccccc2Cl)C1. The number of aromatic nitrogens is 2. The maximum atomic E-state index is 12.6. The number of piperidine rings is 1. The van der Waals surface area contributed by atoms with Crippen LogP contribution in [0.3, 0.4) is 0 Å². The molecule has 1 N–H and O–H groups in total. The molecule has 1 saturated heterocycles. The Morgan fingerprint density at radius 2 is 2.24 bits per heavy atom. The van der Waals surface area contributed by atoms with E-state index < -0.39 is 0 Å². The molecule has 0 radical (unpaired) electrons. The zero-order valence-electron chi connectivity index (χ0n) is 12.0. The van der Waals surface area contributed by atoms with Gasteiger partial charge in [-0.05, 0) is 37.5 Å². The highest BCUT2D eigenvalue weighted by atomic mass is 35.5. The van der Waals surface area contributed by atoms with Gasteiger partial charge < -0.3 is 4.90 Å². The van der Waals surface area contributed by atoms with E-state index >= 15 is 0 Å². The van der Waals surface area contributed by atoms with Crippen LogP contribution in [-0.4, -0.2) is 34.1 Å². The van der Waals surface area contributed by atoms with Crippen LogP contribution < -0.4 is 0 Å². The standard InChI is InChI=1S/C16H18ClN3O/c1-11-9-18-19-15(11)12-5-4-8-20(10-12)16(21)13-6-2-3-7-14(13)17/h2-3,6-7,9,12H,4-5,8,10H2,1H3,(H,18,19). The van der Waals surface area contributed by atoms with Crippen molar-refractivity contribution in [1.29, 1.82) is 0 Å². The normalized spacial score (nSPS) is 18.8. The van der Waals surface area contributed by atoms with Gasteiger partial charge in [-0.25, -0.2) is 0 Å². The maximum Gasteiger partial charge on any atom is 0.255 e. The van der Waals surface area contributed by atoms with E-state index in [2.05, 4.69) is 10.2 Å². The van der Waals surface area contributed by atoms with E-state index in [1.165, 1.54) is 0 Å². The summed E-state index contributed by atoms with van der Waals surface area (Å²) in [5, 5.41) is 7.68. The highest BCUT2D eigenvalue weighted by Crippen LogP contribution is 2.29. The van der Waals surface area contributed by atoms with Gasteiger partial charge in [-0.15, -0.1) is 0 Å². The Balaban J connectivity index is 1.79. The molecule has 1 aromatic heterocycles. The highest BCUT2D eigenvalue weighted by Gasteiger charge is 2.27. The Morgan fingerprint density at radius 1 is 1.43 bits per heavy atom. The molecule has 21 heavy (non-hydrogen) atoms. The quantitative estimate of drug-likeness (QED) is 0.924. The van der Waals surface area contributed by atoms with E-state index in [1.807, 2.05) is 30.2 Å². The van der Waals surface area contributed by atoms with Crippen LogP contribution in [0.25, 0.3) is 0 Å². The lowest BCUT2D eigenvalue weighted by atomic mass is 9.92. The zero-order valence-corrected chi connectivity index (χ0v) is 12.7. The predicted molar refractivity (Wildman–Crippen MR) is 82.7 cm³/mol. The number of carbonyl (C=O) groups excluding carboxylic acids is 1. The maximum absolute atomic E-state index is 12.6. The van der Waals surface area contributed by atoms with Gasteiger partial charge in [-0.1, -0.05) is 23.7 Å². The fourth-order valence-corrected chi connectivity index (χ4v) is 3.19. The molecule has 1 amide bonds. The molecule has 1 unspecified atom stereocenters. The lowest BCUT2D eigenvalue weighted by Crippen LogP contribution is -2.39. The lowest BCUT2D eigenvalue weighted by Gasteiger charge is -2.32.